The minimum Gasteiger partial charge on any atom is -0.493 e. The zero-order valence-corrected chi connectivity index (χ0v) is 10.3. The van der Waals surface area contributed by atoms with Gasteiger partial charge in [0.25, 0.3) is 5.91 Å². The quantitative estimate of drug-likeness (QED) is 0.862. The highest BCUT2D eigenvalue weighted by molar-refractivity contribution is 5.97. The summed E-state index contributed by atoms with van der Waals surface area (Å²) >= 11 is 0. The van der Waals surface area contributed by atoms with E-state index in [4.69, 9.17) is 14.3 Å². The van der Waals surface area contributed by atoms with Gasteiger partial charge in [-0.05, 0) is 19.1 Å². The van der Waals surface area contributed by atoms with Gasteiger partial charge in [0, 0.05) is 11.4 Å². The molecule has 1 atom stereocenters. The van der Waals surface area contributed by atoms with Crippen LogP contribution in [-0.4, -0.2) is 30.8 Å². The average molecular weight is 249 g/mol. The van der Waals surface area contributed by atoms with Crippen LogP contribution in [0.25, 0.3) is 11.0 Å². The summed E-state index contributed by atoms with van der Waals surface area (Å²) < 4.78 is 10.6. The molecule has 0 saturated carbocycles. The van der Waals surface area contributed by atoms with Gasteiger partial charge < -0.3 is 19.6 Å². The minimum atomic E-state index is -0.352. The Morgan fingerprint density at radius 1 is 1.56 bits per heavy atom. The van der Waals surface area contributed by atoms with Gasteiger partial charge in [-0.1, -0.05) is 12.1 Å². The zero-order chi connectivity index (χ0) is 13.1. The second kappa shape index (κ2) is 5.10. The Morgan fingerprint density at radius 2 is 2.33 bits per heavy atom. The fourth-order valence-electron chi connectivity index (χ4n) is 1.65. The molecule has 0 spiro atoms. The number of amides is 1. The normalized spacial score (nSPS) is 12.4. The molecule has 1 heterocycles. The third-order valence-electron chi connectivity index (χ3n) is 2.60. The van der Waals surface area contributed by atoms with Crippen molar-refractivity contribution in [2.45, 2.75) is 13.0 Å². The number of hydrogen-bond donors (Lipinski definition) is 2. The minimum absolute atomic E-state index is 0.116. The first kappa shape index (κ1) is 12.4. The van der Waals surface area contributed by atoms with Crippen molar-refractivity contribution in [1.82, 2.24) is 5.32 Å². The van der Waals surface area contributed by atoms with Gasteiger partial charge in [0.1, 0.15) is 0 Å². The van der Waals surface area contributed by atoms with Crippen LogP contribution in [-0.2, 0) is 0 Å². The number of hydrogen-bond acceptors (Lipinski definition) is 4. The molecule has 0 aliphatic heterocycles. The summed E-state index contributed by atoms with van der Waals surface area (Å²) in [6.07, 6.45) is 0. The van der Waals surface area contributed by atoms with E-state index in [0.717, 1.165) is 5.39 Å². The molecule has 2 rings (SSSR count). The fourth-order valence-corrected chi connectivity index (χ4v) is 1.65. The van der Waals surface area contributed by atoms with E-state index in [9.17, 15) is 4.79 Å². The molecule has 2 N–H and O–H groups in total. The van der Waals surface area contributed by atoms with E-state index < -0.39 is 0 Å². The van der Waals surface area contributed by atoms with E-state index in [0.29, 0.717) is 11.3 Å². The van der Waals surface area contributed by atoms with Gasteiger partial charge in [-0.3, -0.25) is 4.79 Å². The zero-order valence-electron chi connectivity index (χ0n) is 10.3. The van der Waals surface area contributed by atoms with Crippen molar-refractivity contribution in [1.29, 1.82) is 0 Å². The van der Waals surface area contributed by atoms with E-state index in [2.05, 4.69) is 5.32 Å². The average Bonchev–Trinajstić information content (AvgIpc) is 2.82. The number of para-hydroxylation sites is 1. The summed E-state index contributed by atoms with van der Waals surface area (Å²) in [5, 5.41) is 12.3. The number of ether oxygens (including phenoxy) is 1. The molecule has 0 aliphatic rings. The molecule has 2 aromatic rings. The number of carbonyl (C=O) groups is 1. The maximum absolute atomic E-state index is 11.8. The lowest BCUT2D eigenvalue weighted by Gasteiger charge is -2.08. The highest BCUT2D eigenvalue weighted by Crippen LogP contribution is 2.28. The molecule has 0 aliphatic carbocycles. The first-order valence-corrected chi connectivity index (χ1v) is 5.64. The van der Waals surface area contributed by atoms with Crippen LogP contribution in [0.1, 0.15) is 17.5 Å². The van der Waals surface area contributed by atoms with Gasteiger partial charge in [-0.25, -0.2) is 0 Å². The molecule has 0 fully saturated rings. The number of aliphatic hydroxyl groups excluding tert-OH is 1. The molecule has 5 heteroatoms. The Hall–Kier alpha value is -2.01. The second-order valence-electron chi connectivity index (χ2n) is 4.05. The van der Waals surface area contributed by atoms with Crippen molar-refractivity contribution in [2.75, 3.05) is 13.7 Å². The van der Waals surface area contributed by atoms with Crippen LogP contribution in [0.5, 0.6) is 5.75 Å². The summed E-state index contributed by atoms with van der Waals surface area (Å²) in [6.45, 7) is 1.59. The topological polar surface area (TPSA) is 71.7 Å². The fraction of sp³-hybridized carbons (Fsp3) is 0.308. The third kappa shape index (κ3) is 2.31. The number of benzene rings is 1. The summed E-state index contributed by atoms with van der Waals surface area (Å²) in [5.74, 6) is 0.436. The molecule has 0 unspecified atom stereocenters. The largest absolute Gasteiger partial charge is 0.493 e. The van der Waals surface area contributed by atoms with Crippen LogP contribution in [0.2, 0.25) is 0 Å². The van der Waals surface area contributed by atoms with Crippen LogP contribution >= 0.6 is 0 Å². The monoisotopic (exact) mass is 249 g/mol. The highest BCUT2D eigenvalue weighted by Gasteiger charge is 2.16. The van der Waals surface area contributed by atoms with Crippen LogP contribution in [0.15, 0.2) is 28.7 Å². The summed E-state index contributed by atoms with van der Waals surface area (Å²) in [6, 6.07) is 6.77. The molecular weight excluding hydrogens is 234 g/mol. The Kier molecular flexibility index (Phi) is 3.53. The third-order valence-corrected chi connectivity index (χ3v) is 2.60. The smallest absolute Gasteiger partial charge is 0.287 e. The molecular formula is C13H15NO4. The van der Waals surface area contributed by atoms with Crippen LogP contribution in [0.3, 0.4) is 0 Å². The molecule has 5 nitrogen and oxygen atoms in total. The molecule has 1 amide bonds. The molecule has 96 valence electrons. The van der Waals surface area contributed by atoms with Crippen molar-refractivity contribution in [3.63, 3.8) is 0 Å². The van der Waals surface area contributed by atoms with Gasteiger partial charge in [-0.2, -0.15) is 0 Å². The number of furan rings is 1. The molecule has 0 radical (unpaired) electrons. The standard InChI is InChI=1S/C13H15NO4/c1-8(7-15)14-13(16)11-6-9-4-3-5-10(17-2)12(9)18-11/h3-6,8,15H,7H2,1-2H3,(H,14,16)/t8-/m1/s1. The lowest BCUT2D eigenvalue weighted by atomic mass is 10.2. The van der Waals surface area contributed by atoms with Crippen LogP contribution in [0.4, 0.5) is 0 Å². The van der Waals surface area contributed by atoms with Crippen molar-refractivity contribution in [3.05, 3.63) is 30.0 Å². The van der Waals surface area contributed by atoms with Gasteiger partial charge in [0.05, 0.1) is 13.7 Å². The van der Waals surface area contributed by atoms with Gasteiger partial charge in [0.15, 0.2) is 17.1 Å². The predicted molar refractivity (Wildman–Crippen MR) is 66.8 cm³/mol. The van der Waals surface area contributed by atoms with Crippen molar-refractivity contribution in [3.8, 4) is 5.75 Å². The Balaban J connectivity index is 2.32. The summed E-state index contributed by atoms with van der Waals surface area (Å²) in [4.78, 5) is 11.8. The van der Waals surface area contributed by atoms with Gasteiger partial charge in [0.2, 0.25) is 0 Å². The highest BCUT2D eigenvalue weighted by atomic mass is 16.5. The first-order valence-electron chi connectivity index (χ1n) is 5.64. The van der Waals surface area contributed by atoms with E-state index >= 15 is 0 Å². The lowest BCUT2D eigenvalue weighted by Crippen LogP contribution is -2.34. The lowest BCUT2D eigenvalue weighted by molar-refractivity contribution is 0.0896. The Labute approximate surface area is 104 Å². The SMILES string of the molecule is COc1cccc2cc(C(=O)N[C@H](C)CO)oc12. The van der Waals surface area contributed by atoms with E-state index in [1.807, 2.05) is 12.1 Å². The molecule has 1 aromatic heterocycles. The van der Waals surface area contributed by atoms with Gasteiger partial charge in [-0.15, -0.1) is 0 Å². The predicted octanol–water partition coefficient (Wildman–Crippen LogP) is 1.55. The summed E-state index contributed by atoms with van der Waals surface area (Å²) in [5.41, 5.74) is 0.543. The molecule has 0 bridgehead atoms. The van der Waals surface area contributed by atoms with E-state index in [1.165, 1.54) is 0 Å². The van der Waals surface area contributed by atoms with Crippen LogP contribution < -0.4 is 10.1 Å². The molecule has 1 aromatic carbocycles. The Morgan fingerprint density at radius 3 is 3.00 bits per heavy atom. The van der Waals surface area contributed by atoms with Crippen LogP contribution in [0, 0.1) is 0 Å². The number of aliphatic hydroxyl groups is 1. The molecule has 18 heavy (non-hydrogen) atoms. The summed E-state index contributed by atoms with van der Waals surface area (Å²) in [7, 11) is 1.55. The number of rotatable bonds is 4. The molecule has 0 saturated heterocycles. The van der Waals surface area contributed by atoms with E-state index in [-0.39, 0.29) is 24.3 Å². The van der Waals surface area contributed by atoms with E-state index in [1.54, 1.807) is 26.2 Å². The number of fused-ring (bicyclic) bond motifs is 1. The maximum Gasteiger partial charge on any atom is 0.287 e. The van der Waals surface area contributed by atoms with Gasteiger partial charge >= 0.3 is 0 Å². The van der Waals surface area contributed by atoms with Crippen molar-refractivity contribution in [2.24, 2.45) is 0 Å². The Bertz CT molecular complexity index is 561. The van der Waals surface area contributed by atoms with Crippen molar-refractivity contribution < 1.29 is 19.1 Å². The number of nitrogens with one attached hydrogen (secondary N) is 1. The second-order valence-corrected chi connectivity index (χ2v) is 4.05. The first-order chi connectivity index (χ1) is 8.65. The van der Waals surface area contributed by atoms with Crippen molar-refractivity contribution >= 4 is 16.9 Å². The number of methoxy groups -OCH3 is 1. The number of carbonyl (C=O) groups excluding carboxylic acids is 1. The maximum atomic E-state index is 11.8.